The minimum Gasteiger partial charge on any atom is -0.491 e. The Kier molecular flexibility index (Phi) is 7.89. The summed E-state index contributed by atoms with van der Waals surface area (Å²) in [6.07, 6.45) is 0.266. The van der Waals surface area contributed by atoms with Crippen LogP contribution in [0.15, 0.2) is 30.3 Å². The van der Waals surface area contributed by atoms with Crippen LogP contribution in [0, 0.1) is 0 Å². The summed E-state index contributed by atoms with van der Waals surface area (Å²) in [4.78, 5) is 0. The molecule has 0 heterocycles. The first-order valence-corrected chi connectivity index (χ1v) is 4.64. The molecule has 0 aliphatic rings. The van der Waals surface area contributed by atoms with E-state index in [1.807, 2.05) is 44.2 Å². The van der Waals surface area contributed by atoms with E-state index < -0.39 is 0 Å². The Bertz CT molecular complexity index is 207. The van der Waals surface area contributed by atoms with Crippen molar-refractivity contribution >= 4 is 0 Å². The van der Waals surface area contributed by atoms with Gasteiger partial charge in [-0.25, -0.2) is 0 Å². The van der Waals surface area contributed by atoms with Crippen LogP contribution in [0.1, 0.15) is 13.8 Å². The molecule has 80 valence electrons. The summed E-state index contributed by atoms with van der Waals surface area (Å²) in [5.74, 6) is 0.942. The van der Waals surface area contributed by atoms with Crippen molar-refractivity contribution in [2.24, 2.45) is 0 Å². The van der Waals surface area contributed by atoms with E-state index in [1.165, 1.54) is 0 Å². The maximum atomic E-state index is 7.62. The Balaban J connectivity index is 0.000000364. The van der Waals surface area contributed by atoms with Crippen LogP contribution >= 0.6 is 0 Å². The van der Waals surface area contributed by atoms with Gasteiger partial charge in [-0.1, -0.05) is 18.2 Å². The summed E-state index contributed by atoms with van der Waals surface area (Å²) in [6, 6.07) is 9.84. The van der Waals surface area contributed by atoms with Crippen molar-refractivity contribution in [1.82, 2.24) is 0 Å². The van der Waals surface area contributed by atoms with Crippen LogP contribution in [0.25, 0.3) is 0 Å². The number of hydrogen-bond acceptors (Lipinski definition) is 3. The fraction of sp³-hybridized carbons (Fsp3) is 0.455. The molecule has 14 heavy (non-hydrogen) atoms. The second-order valence-corrected chi connectivity index (χ2v) is 2.93. The van der Waals surface area contributed by atoms with E-state index in [9.17, 15) is 0 Å². The number of benzene rings is 1. The fourth-order valence-electron chi connectivity index (χ4n) is 0.771. The second kappa shape index (κ2) is 8.53. The molecule has 3 nitrogen and oxygen atoms in total. The van der Waals surface area contributed by atoms with E-state index in [0.29, 0.717) is 0 Å². The van der Waals surface area contributed by atoms with Gasteiger partial charge in [-0.3, -0.25) is 0 Å². The van der Waals surface area contributed by atoms with Crippen molar-refractivity contribution in [3.63, 3.8) is 0 Å². The van der Waals surface area contributed by atoms with E-state index >= 15 is 0 Å². The van der Waals surface area contributed by atoms with Crippen molar-refractivity contribution in [2.45, 2.75) is 20.0 Å². The largest absolute Gasteiger partial charge is 0.491 e. The van der Waals surface area contributed by atoms with Gasteiger partial charge in [0.1, 0.15) is 5.75 Å². The summed E-state index contributed by atoms with van der Waals surface area (Å²) in [6.45, 7) is 3.79. The van der Waals surface area contributed by atoms with E-state index in [2.05, 4.69) is 0 Å². The van der Waals surface area contributed by atoms with Crippen LogP contribution in [0.3, 0.4) is 0 Å². The molecule has 0 saturated carbocycles. The van der Waals surface area contributed by atoms with Crippen LogP contribution in [0.2, 0.25) is 0 Å². The lowest BCUT2D eigenvalue weighted by molar-refractivity contribution is 0.186. The molecule has 0 saturated heterocycles. The van der Waals surface area contributed by atoms with E-state index in [4.69, 9.17) is 14.9 Å². The predicted molar refractivity (Wildman–Crippen MR) is 56.4 cm³/mol. The highest BCUT2D eigenvalue weighted by Gasteiger charge is 1.92. The Morgan fingerprint density at radius 3 is 1.93 bits per heavy atom. The van der Waals surface area contributed by atoms with Crippen LogP contribution in [0.5, 0.6) is 5.75 Å². The minimum atomic E-state index is -0.125. The maximum Gasteiger partial charge on any atom is 0.119 e. The topological polar surface area (TPSA) is 49.7 Å². The first kappa shape index (κ1) is 12.9. The fourth-order valence-corrected chi connectivity index (χ4v) is 0.771. The van der Waals surface area contributed by atoms with Crippen LogP contribution in [0.4, 0.5) is 0 Å². The van der Waals surface area contributed by atoms with Crippen molar-refractivity contribution in [2.75, 3.05) is 13.2 Å². The van der Waals surface area contributed by atoms with Gasteiger partial charge in [-0.15, -0.1) is 0 Å². The zero-order valence-corrected chi connectivity index (χ0v) is 8.68. The Morgan fingerprint density at radius 2 is 1.57 bits per heavy atom. The lowest BCUT2D eigenvalue weighted by atomic mass is 10.3. The van der Waals surface area contributed by atoms with E-state index in [-0.39, 0.29) is 19.3 Å². The van der Waals surface area contributed by atoms with Crippen LogP contribution in [-0.2, 0) is 0 Å². The lowest BCUT2D eigenvalue weighted by Crippen LogP contribution is -2.04. The third-order valence-corrected chi connectivity index (χ3v) is 1.21. The van der Waals surface area contributed by atoms with Gasteiger partial charge in [-0.05, 0) is 26.0 Å². The molecule has 0 aliphatic carbocycles. The van der Waals surface area contributed by atoms with E-state index in [1.54, 1.807) is 0 Å². The second-order valence-electron chi connectivity index (χ2n) is 2.93. The van der Waals surface area contributed by atoms with Gasteiger partial charge in [0.25, 0.3) is 0 Å². The molecule has 1 rings (SSSR count). The monoisotopic (exact) mass is 198 g/mol. The number of rotatable bonds is 3. The molecule has 0 atom stereocenters. The summed E-state index contributed by atoms with van der Waals surface area (Å²) in [5, 5.41) is 15.2. The molecule has 2 N–H and O–H groups in total. The third kappa shape index (κ3) is 7.58. The molecule has 1 aromatic rings. The Hall–Kier alpha value is -1.06. The molecule has 0 spiro atoms. The summed E-state index contributed by atoms with van der Waals surface area (Å²) in [7, 11) is 0. The number of aliphatic hydroxyl groups excluding tert-OH is 2. The average molecular weight is 198 g/mol. The van der Waals surface area contributed by atoms with Crippen molar-refractivity contribution < 1.29 is 14.9 Å². The molecule has 0 radical (unpaired) electrons. The molecule has 0 fully saturated rings. The van der Waals surface area contributed by atoms with Crippen molar-refractivity contribution in [3.05, 3.63) is 30.3 Å². The summed E-state index contributed by atoms with van der Waals surface area (Å²) >= 11 is 0. The van der Waals surface area contributed by atoms with Gasteiger partial charge >= 0.3 is 0 Å². The van der Waals surface area contributed by atoms with Crippen LogP contribution < -0.4 is 4.74 Å². The van der Waals surface area contributed by atoms with Gasteiger partial charge in [0.2, 0.25) is 0 Å². The highest BCUT2D eigenvalue weighted by atomic mass is 16.5. The number of ether oxygens (including phenoxy) is 1. The normalized spacial score (nSPS) is 9.21. The van der Waals surface area contributed by atoms with Gasteiger partial charge < -0.3 is 14.9 Å². The molecule has 0 amide bonds. The summed E-state index contributed by atoms with van der Waals surface area (Å²) < 4.78 is 5.41. The molecule has 3 heteroatoms. The maximum absolute atomic E-state index is 7.62. The van der Waals surface area contributed by atoms with Crippen LogP contribution in [-0.4, -0.2) is 29.5 Å². The van der Waals surface area contributed by atoms with Gasteiger partial charge in [0.15, 0.2) is 0 Å². The zero-order chi connectivity index (χ0) is 10.8. The van der Waals surface area contributed by atoms with E-state index in [0.717, 1.165) is 5.75 Å². The highest BCUT2D eigenvalue weighted by Crippen LogP contribution is 2.09. The lowest BCUT2D eigenvalue weighted by Gasteiger charge is -2.07. The van der Waals surface area contributed by atoms with Crippen molar-refractivity contribution in [3.8, 4) is 5.75 Å². The SMILES string of the molecule is CC(C)Oc1ccccc1.OCCO. The zero-order valence-electron chi connectivity index (χ0n) is 8.68. The first-order valence-electron chi connectivity index (χ1n) is 4.64. The molecular weight excluding hydrogens is 180 g/mol. The molecule has 0 bridgehead atoms. The van der Waals surface area contributed by atoms with Gasteiger partial charge in [-0.2, -0.15) is 0 Å². The molecule has 0 aromatic heterocycles. The van der Waals surface area contributed by atoms with Crippen molar-refractivity contribution in [1.29, 1.82) is 0 Å². The predicted octanol–water partition coefficient (Wildman–Crippen LogP) is 1.44. The smallest absolute Gasteiger partial charge is 0.119 e. The summed E-state index contributed by atoms with van der Waals surface area (Å²) in [5.41, 5.74) is 0. The van der Waals surface area contributed by atoms with Gasteiger partial charge in [0.05, 0.1) is 19.3 Å². The minimum absolute atomic E-state index is 0.125. The molecule has 0 unspecified atom stereocenters. The molecular formula is C11H18O3. The average Bonchev–Trinajstić information content (AvgIpc) is 2.19. The molecule has 1 aromatic carbocycles. The van der Waals surface area contributed by atoms with Gasteiger partial charge in [0, 0.05) is 0 Å². The highest BCUT2D eigenvalue weighted by molar-refractivity contribution is 5.20. The molecule has 0 aliphatic heterocycles. The first-order chi connectivity index (χ1) is 6.70. The number of para-hydroxylation sites is 1. The Morgan fingerprint density at radius 1 is 1.07 bits per heavy atom. The number of hydrogen-bond donors (Lipinski definition) is 2. The standard InChI is InChI=1S/C9H12O.C2H6O2/c1-8(2)10-9-6-4-3-5-7-9;3-1-2-4/h3-8H,1-2H3;3-4H,1-2H2. The third-order valence-electron chi connectivity index (χ3n) is 1.21. The Labute approximate surface area is 85.0 Å². The quantitative estimate of drug-likeness (QED) is 0.772. The number of aliphatic hydroxyl groups is 2.